The molecule has 14 heavy (non-hydrogen) atoms. The van der Waals surface area contributed by atoms with Crippen molar-refractivity contribution in [2.45, 2.75) is 64.9 Å². The summed E-state index contributed by atoms with van der Waals surface area (Å²) >= 11 is 0. The number of hydrogen-bond acceptors (Lipinski definition) is 3. The fraction of sp³-hybridized carbons (Fsp3) is 1.00. The van der Waals surface area contributed by atoms with E-state index in [1.807, 2.05) is 6.92 Å². The van der Waals surface area contributed by atoms with Crippen molar-refractivity contribution in [3.63, 3.8) is 0 Å². The van der Waals surface area contributed by atoms with E-state index in [4.69, 9.17) is 14.3 Å². The van der Waals surface area contributed by atoms with Gasteiger partial charge in [0.1, 0.15) is 0 Å². The maximum atomic E-state index is 8.69. The summed E-state index contributed by atoms with van der Waals surface area (Å²) in [4.78, 5) is 17.4. The van der Waals surface area contributed by atoms with Gasteiger partial charge in [-0.15, -0.1) is 0 Å². The highest BCUT2D eigenvalue weighted by Crippen LogP contribution is 2.29. The van der Waals surface area contributed by atoms with Crippen molar-refractivity contribution in [2.75, 3.05) is 0 Å². The van der Waals surface area contributed by atoms with Gasteiger partial charge in [-0.25, -0.2) is 0 Å². The summed E-state index contributed by atoms with van der Waals surface area (Å²) in [5.41, 5.74) is 0. The molecule has 0 spiro atoms. The van der Waals surface area contributed by atoms with E-state index < -0.39 is 8.60 Å². The Hall–Kier alpha value is 0.310. The van der Waals surface area contributed by atoms with Crippen LogP contribution >= 0.6 is 8.60 Å². The highest BCUT2D eigenvalue weighted by Gasteiger charge is 2.10. The lowest BCUT2D eigenvalue weighted by atomic mass is 10.1. The van der Waals surface area contributed by atoms with Crippen LogP contribution in [-0.4, -0.2) is 15.9 Å². The molecule has 0 aliphatic rings. The second kappa shape index (κ2) is 9.85. The van der Waals surface area contributed by atoms with Gasteiger partial charge >= 0.3 is 8.60 Å². The summed E-state index contributed by atoms with van der Waals surface area (Å²) in [5.74, 6) is 0. The average Bonchev–Trinajstić information content (AvgIpc) is 2.15. The summed E-state index contributed by atoms with van der Waals surface area (Å²) in [5, 5.41) is 0. The van der Waals surface area contributed by atoms with Crippen molar-refractivity contribution in [2.24, 2.45) is 0 Å². The Morgan fingerprint density at radius 3 is 2.21 bits per heavy atom. The molecule has 1 unspecified atom stereocenters. The van der Waals surface area contributed by atoms with E-state index in [1.54, 1.807) is 0 Å². The topological polar surface area (TPSA) is 49.7 Å². The van der Waals surface area contributed by atoms with Gasteiger partial charge in [0.05, 0.1) is 6.10 Å². The Morgan fingerprint density at radius 2 is 1.71 bits per heavy atom. The molecule has 0 aromatic carbocycles. The third-order valence-electron chi connectivity index (χ3n) is 2.33. The fourth-order valence-corrected chi connectivity index (χ4v) is 1.96. The minimum atomic E-state index is -2.17. The van der Waals surface area contributed by atoms with E-state index >= 15 is 0 Å². The lowest BCUT2D eigenvalue weighted by Gasteiger charge is -2.15. The molecule has 0 amide bonds. The van der Waals surface area contributed by atoms with E-state index in [2.05, 4.69) is 6.92 Å². The van der Waals surface area contributed by atoms with Crippen LogP contribution in [0.5, 0.6) is 0 Å². The van der Waals surface area contributed by atoms with Crippen molar-refractivity contribution in [3.05, 3.63) is 0 Å². The number of hydrogen-bond donors (Lipinski definition) is 2. The van der Waals surface area contributed by atoms with E-state index in [1.165, 1.54) is 25.7 Å². The SMILES string of the molecule is CCCCCCCC(CC)OP(O)O. The molecule has 0 saturated carbocycles. The van der Waals surface area contributed by atoms with E-state index in [9.17, 15) is 0 Å². The third kappa shape index (κ3) is 8.89. The first-order valence-electron chi connectivity index (χ1n) is 5.55. The van der Waals surface area contributed by atoms with Gasteiger partial charge in [-0.2, -0.15) is 0 Å². The van der Waals surface area contributed by atoms with Crippen molar-refractivity contribution < 1.29 is 14.3 Å². The van der Waals surface area contributed by atoms with Crippen LogP contribution in [0.1, 0.15) is 58.8 Å². The van der Waals surface area contributed by atoms with Crippen LogP contribution in [0.4, 0.5) is 0 Å². The monoisotopic (exact) mass is 222 g/mol. The molecule has 3 nitrogen and oxygen atoms in total. The molecule has 0 fully saturated rings. The second-order valence-corrected chi connectivity index (χ2v) is 4.31. The van der Waals surface area contributed by atoms with Crippen LogP contribution in [0.3, 0.4) is 0 Å². The van der Waals surface area contributed by atoms with Crippen molar-refractivity contribution in [3.8, 4) is 0 Å². The van der Waals surface area contributed by atoms with Gasteiger partial charge in [0.15, 0.2) is 0 Å². The van der Waals surface area contributed by atoms with Crippen molar-refractivity contribution in [1.82, 2.24) is 0 Å². The van der Waals surface area contributed by atoms with E-state index in [0.29, 0.717) is 0 Å². The molecule has 86 valence electrons. The van der Waals surface area contributed by atoms with Crippen molar-refractivity contribution >= 4 is 8.60 Å². The Balaban J connectivity index is 3.33. The maximum absolute atomic E-state index is 8.69. The largest absolute Gasteiger partial charge is 0.328 e. The summed E-state index contributed by atoms with van der Waals surface area (Å²) in [6, 6.07) is 0. The fourth-order valence-electron chi connectivity index (χ4n) is 1.44. The molecule has 0 saturated heterocycles. The predicted octanol–water partition coefficient (Wildman–Crippen LogP) is 3.35. The summed E-state index contributed by atoms with van der Waals surface area (Å²) < 4.78 is 4.98. The average molecular weight is 222 g/mol. The highest BCUT2D eigenvalue weighted by atomic mass is 31.2. The molecule has 2 N–H and O–H groups in total. The normalized spacial score (nSPS) is 13.5. The molecule has 0 aliphatic heterocycles. The summed E-state index contributed by atoms with van der Waals surface area (Å²) in [6.45, 7) is 4.21. The molecule has 0 rings (SSSR count). The Kier molecular flexibility index (Phi) is 10.1. The zero-order valence-corrected chi connectivity index (χ0v) is 10.2. The first-order valence-corrected chi connectivity index (χ1v) is 6.71. The highest BCUT2D eigenvalue weighted by molar-refractivity contribution is 7.39. The molecule has 0 bridgehead atoms. The molecular weight excluding hydrogens is 199 g/mol. The zero-order chi connectivity index (χ0) is 10.8. The van der Waals surface area contributed by atoms with Crippen LogP contribution in [0.25, 0.3) is 0 Å². The van der Waals surface area contributed by atoms with Gasteiger partial charge < -0.3 is 14.3 Å². The first-order chi connectivity index (χ1) is 6.70. The standard InChI is InChI=1S/C10H23O3P/c1-3-5-6-7-8-9-10(4-2)13-14(11)12/h10-12H,3-9H2,1-2H3. The van der Waals surface area contributed by atoms with Gasteiger partial charge in [-0.1, -0.05) is 46.0 Å². The van der Waals surface area contributed by atoms with Gasteiger partial charge in [0, 0.05) is 0 Å². The third-order valence-corrected chi connectivity index (χ3v) is 2.82. The molecule has 0 heterocycles. The molecule has 0 radical (unpaired) electrons. The minimum absolute atomic E-state index is 0.0257. The number of rotatable bonds is 9. The lowest BCUT2D eigenvalue weighted by Crippen LogP contribution is -2.08. The Bertz CT molecular complexity index is 120. The van der Waals surface area contributed by atoms with Gasteiger partial charge in [-0.05, 0) is 12.8 Å². The smallest absolute Gasteiger partial charge is 0.327 e. The van der Waals surface area contributed by atoms with Crippen LogP contribution in [0.15, 0.2) is 0 Å². The van der Waals surface area contributed by atoms with Crippen LogP contribution in [0, 0.1) is 0 Å². The number of unbranched alkanes of at least 4 members (excludes halogenated alkanes) is 4. The van der Waals surface area contributed by atoms with Crippen LogP contribution in [0.2, 0.25) is 0 Å². The second-order valence-electron chi connectivity index (χ2n) is 3.59. The van der Waals surface area contributed by atoms with Crippen molar-refractivity contribution in [1.29, 1.82) is 0 Å². The van der Waals surface area contributed by atoms with Gasteiger partial charge in [0.25, 0.3) is 0 Å². The summed E-state index contributed by atoms with van der Waals surface area (Å²) in [6.07, 6.45) is 8.01. The first kappa shape index (κ1) is 14.3. The Labute approximate surface area is 88.5 Å². The Morgan fingerprint density at radius 1 is 1.07 bits per heavy atom. The zero-order valence-electron chi connectivity index (χ0n) is 9.28. The molecule has 0 aliphatic carbocycles. The van der Waals surface area contributed by atoms with E-state index in [-0.39, 0.29) is 6.10 Å². The quantitative estimate of drug-likeness (QED) is 0.464. The molecule has 4 heteroatoms. The summed E-state index contributed by atoms with van der Waals surface area (Å²) in [7, 11) is -2.17. The minimum Gasteiger partial charge on any atom is -0.328 e. The molecular formula is C10H23O3P. The maximum Gasteiger partial charge on any atom is 0.327 e. The molecule has 0 aromatic heterocycles. The van der Waals surface area contributed by atoms with Crippen LogP contribution < -0.4 is 0 Å². The van der Waals surface area contributed by atoms with E-state index in [0.717, 1.165) is 19.3 Å². The van der Waals surface area contributed by atoms with Crippen LogP contribution in [-0.2, 0) is 4.52 Å². The molecule has 1 atom stereocenters. The van der Waals surface area contributed by atoms with Gasteiger partial charge in [-0.3, -0.25) is 0 Å². The van der Waals surface area contributed by atoms with Gasteiger partial charge in [0.2, 0.25) is 0 Å². The molecule has 0 aromatic rings. The predicted molar refractivity (Wildman–Crippen MR) is 59.9 cm³/mol. The lowest BCUT2D eigenvalue weighted by molar-refractivity contribution is 0.155.